The van der Waals surface area contributed by atoms with Gasteiger partial charge in [-0.25, -0.2) is 10.9 Å². The van der Waals surface area contributed by atoms with Crippen LogP contribution in [0.5, 0.6) is 5.75 Å². The van der Waals surface area contributed by atoms with Crippen LogP contribution in [0.25, 0.3) is 0 Å². The Bertz CT molecular complexity index is 331. The van der Waals surface area contributed by atoms with Gasteiger partial charge in [-0.3, -0.25) is 5.43 Å². The van der Waals surface area contributed by atoms with Crippen LogP contribution in [-0.4, -0.2) is 17.6 Å². The molecule has 1 aromatic carbocycles. The number of rotatable bonds is 3. The normalized spacial score (nSPS) is 17.3. The largest absolute Gasteiger partial charge is 0.508 e. The number of aromatic hydroxyl groups is 1. The minimum absolute atomic E-state index is 0.168. The summed E-state index contributed by atoms with van der Waals surface area (Å²) >= 11 is 0. The molecule has 0 spiro atoms. The van der Waals surface area contributed by atoms with E-state index in [0.717, 1.165) is 5.56 Å². The van der Waals surface area contributed by atoms with Gasteiger partial charge in [0.15, 0.2) is 6.29 Å². The van der Waals surface area contributed by atoms with Crippen molar-refractivity contribution in [2.24, 2.45) is 5.10 Å². The van der Waals surface area contributed by atoms with Crippen molar-refractivity contribution in [3.8, 4) is 5.75 Å². The van der Waals surface area contributed by atoms with Crippen molar-refractivity contribution in [2.45, 2.75) is 6.29 Å². The van der Waals surface area contributed by atoms with E-state index in [1.54, 1.807) is 30.5 Å². The zero-order valence-electron chi connectivity index (χ0n) is 7.86. The van der Waals surface area contributed by atoms with Gasteiger partial charge in [-0.1, -0.05) is 0 Å². The highest BCUT2D eigenvalue weighted by Gasteiger charge is 2.08. The second-order valence-electron chi connectivity index (χ2n) is 2.95. The highest BCUT2D eigenvalue weighted by molar-refractivity contribution is 5.79. The first-order chi connectivity index (χ1) is 7.34. The monoisotopic (exact) mass is 208 g/mol. The third kappa shape index (κ3) is 2.89. The first-order valence-corrected chi connectivity index (χ1v) is 4.43. The second-order valence-corrected chi connectivity index (χ2v) is 2.95. The van der Waals surface area contributed by atoms with Gasteiger partial charge in [0.2, 0.25) is 0 Å². The Morgan fingerprint density at radius 1 is 1.20 bits per heavy atom. The van der Waals surface area contributed by atoms with E-state index in [1.165, 1.54) is 0 Å². The molecule has 1 aromatic rings. The van der Waals surface area contributed by atoms with Crippen LogP contribution in [0.1, 0.15) is 5.56 Å². The van der Waals surface area contributed by atoms with Gasteiger partial charge < -0.3 is 5.11 Å². The van der Waals surface area contributed by atoms with Crippen LogP contribution in [0, 0.1) is 0 Å². The lowest BCUT2D eigenvalue weighted by molar-refractivity contribution is 0.439. The van der Waals surface area contributed by atoms with Crippen LogP contribution in [0.15, 0.2) is 29.4 Å². The van der Waals surface area contributed by atoms with Gasteiger partial charge in [-0.15, -0.1) is 0 Å². The van der Waals surface area contributed by atoms with E-state index in [2.05, 4.69) is 32.4 Å². The lowest BCUT2D eigenvalue weighted by Gasteiger charge is -2.06. The molecule has 15 heavy (non-hydrogen) atoms. The smallest absolute Gasteiger partial charge is 0.175 e. The van der Waals surface area contributed by atoms with Crippen LogP contribution >= 0.6 is 0 Å². The number of nitrogens with zero attached hydrogens (tertiary/aromatic N) is 1. The Balaban J connectivity index is 1.85. The molecule has 0 bridgehead atoms. The summed E-state index contributed by atoms with van der Waals surface area (Å²) in [7, 11) is 0. The SMILES string of the molecule is Oc1ccc(/C=N/NC2NNNN2)cc1. The highest BCUT2D eigenvalue weighted by Crippen LogP contribution is 2.07. The van der Waals surface area contributed by atoms with Gasteiger partial charge in [0.25, 0.3) is 0 Å². The molecule has 2 rings (SSSR count). The summed E-state index contributed by atoms with van der Waals surface area (Å²) in [6.07, 6.45) is 1.49. The maximum atomic E-state index is 9.06. The Morgan fingerprint density at radius 3 is 2.53 bits per heavy atom. The molecule has 0 unspecified atom stereocenters. The summed E-state index contributed by atoms with van der Waals surface area (Å²) in [5.41, 5.74) is 14.6. The number of nitrogens with one attached hydrogen (secondary N) is 5. The number of phenols is 1. The third-order valence-electron chi connectivity index (χ3n) is 1.81. The maximum Gasteiger partial charge on any atom is 0.175 e. The standard InChI is InChI=1S/C8H12N6O/c15-7-3-1-6(2-4-7)5-9-10-8-11-13-14-12-8/h1-5,8,10-15H/b9-5+. The molecule has 80 valence electrons. The second kappa shape index (κ2) is 4.71. The van der Waals surface area contributed by atoms with E-state index in [9.17, 15) is 0 Å². The molecule has 0 radical (unpaired) electrons. The van der Waals surface area contributed by atoms with Gasteiger partial charge in [-0.05, 0) is 29.8 Å². The van der Waals surface area contributed by atoms with Crippen molar-refractivity contribution in [3.63, 3.8) is 0 Å². The number of hydrogen-bond acceptors (Lipinski definition) is 7. The van der Waals surface area contributed by atoms with Crippen LogP contribution < -0.4 is 27.3 Å². The van der Waals surface area contributed by atoms with E-state index in [-0.39, 0.29) is 12.0 Å². The van der Waals surface area contributed by atoms with Crippen LogP contribution in [0.4, 0.5) is 0 Å². The number of benzene rings is 1. The van der Waals surface area contributed by atoms with Gasteiger partial charge in [0.1, 0.15) is 5.75 Å². The summed E-state index contributed by atoms with van der Waals surface area (Å²) < 4.78 is 0. The summed E-state index contributed by atoms with van der Waals surface area (Å²) in [5.74, 6) is 0.243. The van der Waals surface area contributed by atoms with Gasteiger partial charge in [0, 0.05) is 0 Å². The Morgan fingerprint density at radius 2 is 1.87 bits per heavy atom. The number of phenolic OH excluding ortho intramolecular Hbond substituents is 1. The van der Waals surface area contributed by atoms with E-state index < -0.39 is 0 Å². The lowest BCUT2D eigenvalue weighted by atomic mass is 10.2. The van der Waals surface area contributed by atoms with Crippen molar-refractivity contribution in [1.29, 1.82) is 0 Å². The Kier molecular flexibility index (Phi) is 3.10. The average molecular weight is 208 g/mol. The van der Waals surface area contributed by atoms with Crippen molar-refractivity contribution >= 4 is 6.21 Å². The first kappa shape index (κ1) is 9.87. The summed E-state index contributed by atoms with van der Waals surface area (Å²) in [6, 6.07) is 6.76. The molecule has 0 aromatic heterocycles. The average Bonchev–Trinajstić information content (AvgIpc) is 2.74. The topological polar surface area (TPSA) is 92.7 Å². The van der Waals surface area contributed by atoms with Crippen LogP contribution in [-0.2, 0) is 0 Å². The third-order valence-corrected chi connectivity index (χ3v) is 1.81. The first-order valence-electron chi connectivity index (χ1n) is 4.43. The van der Waals surface area contributed by atoms with Crippen LogP contribution in [0.3, 0.4) is 0 Å². The molecule has 1 saturated heterocycles. The quantitative estimate of drug-likeness (QED) is 0.274. The molecule has 6 N–H and O–H groups in total. The Hall–Kier alpha value is -1.67. The van der Waals surface area contributed by atoms with Gasteiger partial charge >= 0.3 is 0 Å². The number of hydrazine groups is 3. The van der Waals surface area contributed by atoms with Crippen LogP contribution in [0.2, 0.25) is 0 Å². The van der Waals surface area contributed by atoms with Crippen molar-refractivity contribution in [2.75, 3.05) is 0 Å². The molecular formula is C8H12N6O. The fourth-order valence-electron chi connectivity index (χ4n) is 1.06. The Labute approximate surface area is 86.5 Å². The van der Waals surface area contributed by atoms with Crippen molar-refractivity contribution in [3.05, 3.63) is 29.8 Å². The number of hydrogen-bond donors (Lipinski definition) is 6. The van der Waals surface area contributed by atoms with E-state index in [0.29, 0.717) is 0 Å². The number of hydrazone groups is 1. The molecule has 0 amide bonds. The van der Waals surface area contributed by atoms with E-state index in [4.69, 9.17) is 5.11 Å². The minimum Gasteiger partial charge on any atom is -0.508 e. The molecular weight excluding hydrogens is 196 g/mol. The van der Waals surface area contributed by atoms with Crippen molar-refractivity contribution < 1.29 is 5.11 Å². The van der Waals surface area contributed by atoms with Gasteiger partial charge in [-0.2, -0.15) is 16.2 Å². The summed E-state index contributed by atoms with van der Waals surface area (Å²) in [5, 5.41) is 13.0. The molecule has 1 heterocycles. The highest BCUT2D eigenvalue weighted by atomic mass is 16.3. The molecule has 7 heteroatoms. The van der Waals surface area contributed by atoms with Gasteiger partial charge in [0.05, 0.1) is 6.21 Å². The zero-order chi connectivity index (χ0) is 10.5. The molecule has 1 aliphatic heterocycles. The summed E-state index contributed by atoms with van der Waals surface area (Å²) in [6.45, 7) is 0. The van der Waals surface area contributed by atoms with E-state index in [1.807, 2.05) is 0 Å². The molecule has 0 saturated carbocycles. The zero-order valence-corrected chi connectivity index (χ0v) is 7.86. The minimum atomic E-state index is -0.168. The molecule has 1 aliphatic rings. The summed E-state index contributed by atoms with van der Waals surface area (Å²) in [4.78, 5) is 0. The molecule has 7 nitrogen and oxygen atoms in total. The predicted octanol–water partition coefficient (Wildman–Crippen LogP) is -1.28. The molecule has 0 aliphatic carbocycles. The maximum absolute atomic E-state index is 9.06. The fourth-order valence-corrected chi connectivity index (χ4v) is 1.06. The van der Waals surface area contributed by atoms with E-state index >= 15 is 0 Å². The molecule has 0 atom stereocenters. The lowest BCUT2D eigenvalue weighted by Crippen LogP contribution is -2.44. The molecule has 1 fully saturated rings. The predicted molar refractivity (Wildman–Crippen MR) is 55.2 cm³/mol. The fraction of sp³-hybridized carbons (Fsp3) is 0.125. The van der Waals surface area contributed by atoms with Crippen molar-refractivity contribution in [1.82, 2.24) is 27.3 Å².